The van der Waals surface area contributed by atoms with Crippen LogP contribution in [0.25, 0.3) is 17.0 Å². The number of aryl methyl sites for hydroxylation is 6. The van der Waals surface area contributed by atoms with Crippen LogP contribution in [0.15, 0.2) is 65.3 Å². The van der Waals surface area contributed by atoms with Gasteiger partial charge in [-0.25, -0.2) is 9.79 Å². The molecular formula is C35H38N2O2. The van der Waals surface area contributed by atoms with E-state index in [0.717, 1.165) is 12.0 Å². The number of fused-ring (bicyclic) bond motifs is 3. The lowest BCUT2D eigenvalue weighted by molar-refractivity contribution is -0.130. The Morgan fingerprint density at radius 1 is 0.897 bits per heavy atom. The first kappa shape index (κ1) is 26.7. The highest BCUT2D eigenvalue weighted by Crippen LogP contribution is 2.38. The Morgan fingerprint density at radius 3 is 2.33 bits per heavy atom. The number of carbonyl (C=O) groups excluding carboxylic acids is 1. The van der Waals surface area contributed by atoms with Crippen molar-refractivity contribution in [3.63, 3.8) is 0 Å². The van der Waals surface area contributed by atoms with Gasteiger partial charge in [0.05, 0.1) is 0 Å². The Hall–Kier alpha value is -3.92. The van der Waals surface area contributed by atoms with Gasteiger partial charge in [0.25, 0.3) is 0 Å². The molecule has 0 bridgehead atoms. The second kappa shape index (κ2) is 11.1. The maximum atomic E-state index is 11.3. The predicted molar refractivity (Wildman–Crippen MR) is 161 cm³/mol. The molecule has 200 valence electrons. The van der Waals surface area contributed by atoms with Gasteiger partial charge in [-0.1, -0.05) is 48.0 Å². The fourth-order valence-electron chi connectivity index (χ4n) is 5.62. The van der Waals surface area contributed by atoms with Gasteiger partial charge in [-0.15, -0.1) is 0 Å². The molecule has 2 heterocycles. The van der Waals surface area contributed by atoms with Crippen LogP contribution in [0.3, 0.4) is 0 Å². The van der Waals surface area contributed by atoms with Gasteiger partial charge in [0.1, 0.15) is 0 Å². The topological polar surface area (TPSA) is 54.4 Å². The van der Waals surface area contributed by atoms with Gasteiger partial charge in [-0.2, -0.15) is 0 Å². The number of benzene rings is 3. The molecule has 0 fully saturated rings. The summed E-state index contributed by atoms with van der Waals surface area (Å²) in [6.45, 7) is 12.4. The fraction of sp³-hybridized carbons (Fsp3) is 0.314. The number of hydrogen-bond donors (Lipinski definition) is 1. The molecule has 0 radical (unpaired) electrons. The van der Waals surface area contributed by atoms with Crippen molar-refractivity contribution in [2.24, 2.45) is 4.99 Å². The molecule has 0 saturated carbocycles. The number of nitrogens with zero attached hydrogens (tertiary/aromatic N) is 1. The molecule has 0 spiro atoms. The zero-order valence-corrected chi connectivity index (χ0v) is 23.9. The summed E-state index contributed by atoms with van der Waals surface area (Å²) in [5.74, 6) is 0.657. The molecule has 4 nitrogen and oxygen atoms in total. The molecule has 4 heteroatoms. The number of cyclic esters (lactones) is 1. The van der Waals surface area contributed by atoms with Gasteiger partial charge in [0, 0.05) is 29.4 Å². The molecule has 1 aliphatic carbocycles. The van der Waals surface area contributed by atoms with Crippen LogP contribution in [-0.2, 0) is 22.4 Å². The van der Waals surface area contributed by atoms with E-state index in [4.69, 9.17) is 4.74 Å². The Kier molecular flexibility index (Phi) is 7.56. The summed E-state index contributed by atoms with van der Waals surface area (Å²) < 4.78 is 4.84. The summed E-state index contributed by atoms with van der Waals surface area (Å²) in [7, 11) is 0. The fourth-order valence-corrected chi connectivity index (χ4v) is 5.62. The standard InChI is InChI=1S/C22H25N.C13H13NO2/c1-14-7-10-21-20(11-14)19-6-4-5-18(22(19)23-21)13-17-9-8-15(2)16(3)12-17;1-8-4-5-11(6-9(8)2)7-12-13(15)16-10(3)14-12/h7-12,18,23H,4-6,13H2,1-3H3;4-7H,1-3H3/b;12-7-. The molecule has 0 amide bonds. The monoisotopic (exact) mass is 518 g/mol. The van der Waals surface area contributed by atoms with E-state index in [2.05, 4.69) is 74.1 Å². The van der Waals surface area contributed by atoms with Crippen molar-refractivity contribution in [3.8, 4) is 0 Å². The predicted octanol–water partition coefficient (Wildman–Crippen LogP) is 8.38. The van der Waals surface area contributed by atoms with Crippen molar-refractivity contribution in [1.29, 1.82) is 0 Å². The van der Waals surface area contributed by atoms with E-state index in [-0.39, 0.29) is 5.97 Å². The number of aliphatic imine (C=N–C) groups is 1. The molecule has 0 saturated heterocycles. The average molecular weight is 519 g/mol. The second-order valence-corrected chi connectivity index (χ2v) is 11.2. The first-order chi connectivity index (χ1) is 18.7. The first-order valence-electron chi connectivity index (χ1n) is 13.9. The Bertz CT molecular complexity index is 1620. The summed E-state index contributed by atoms with van der Waals surface area (Å²) >= 11 is 0. The van der Waals surface area contributed by atoms with E-state index < -0.39 is 0 Å². The molecule has 1 atom stereocenters. The van der Waals surface area contributed by atoms with Crippen molar-refractivity contribution in [2.45, 2.75) is 73.1 Å². The highest BCUT2D eigenvalue weighted by molar-refractivity contribution is 6.06. The lowest BCUT2D eigenvalue weighted by atomic mass is 9.82. The van der Waals surface area contributed by atoms with Crippen LogP contribution in [0.1, 0.15) is 75.9 Å². The van der Waals surface area contributed by atoms with Gasteiger partial charge in [0.2, 0.25) is 0 Å². The van der Waals surface area contributed by atoms with Crippen molar-refractivity contribution < 1.29 is 9.53 Å². The number of esters is 1. The van der Waals surface area contributed by atoms with Crippen LogP contribution in [-0.4, -0.2) is 16.9 Å². The zero-order valence-electron chi connectivity index (χ0n) is 23.9. The Labute approximate surface area is 231 Å². The molecule has 4 aromatic rings. The Balaban J connectivity index is 0.000000169. The number of aromatic nitrogens is 1. The summed E-state index contributed by atoms with van der Waals surface area (Å²) in [4.78, 5) is 19.1. The highest BCUT2D eigenvalue weighted by atomic mass is 16.6. The minimum Gasteiger partial charge on any atom is -0.407 e. The van der Waals surface area contributed by atoms with Crippen molar-refractivity contribution >= 4 is 28.8 Å². The van der Waals surface area contributed by atoms with Crippen LogP contribution in [0.2, 0.25) is 0 Å². The molecule has 1 aliphatic heterocycles. The number of H-pyrrole nitrogens is 1. The summed E-state index contributed by atoms with van der Waals surface area (Å²) in [5, 5.41) is 1.45. The Morgan fingerprint density at radius 2 is 1.64 bits per heavy atom. The third kappa shape index (κ3) is 5.90. The first-order valence-corrected chi connectivity index (χ1v) is 13.9. The molecule has 1 aromatic heterocycles. The lowest BCUT2D eigenvalue weighted by Crippen LogP contribution is -2.11. The average Bonchev–Trinajstić information content (AvgIpc) is 3.43. The summed E-state index contributed by atoms with van der Waals surface area (Å²) in [5.41, 5.74) is 13.8. The maximum Gasteiger partial charge on any atom is 0.363 e. The zero-order chi connectivity index (χ0) is 27.7. The van der Waals surface area contributed by atoms with Gasteiger partial charge >= 0.3 is 5.97 Å². The van der Waals surface area contributed by atoms with Crippen molar-refractivity contribution in [1.82, 2.24) is 4.98 Å². The largest absolute Gasteiger partial charge is 0.407 e. The number of aromatic amines is 1. The number of rotatable bonds is 3. The second-order valence-electron chi connectivity index (χ2n) is 11.2. The molecular weight excluding hydrogens is 480 g/mol. The maximum absolute atomic E-state index is 11.3. The molecule has 6 rings (SSSR count). The van der Waals surface area contributed by atoms with E-state index in [1.54, 1.807) is 18.6 Å². The van der Waals surface area contributed by atoms with Gasteiger partial charge in [-0.05, 0) is 117 Å². The lowest BCUT2D eigenvalue weighted by Gasteiger charge is -2.23. The molecule has 1 unspecified atom stereocenters. The minimum atomic E-state index is -0.379. The highest BCUT2D eigenvalue weighted by Gasteiger charge is 2.24. The van der Waals surface area contributed by atoms with Gasteiger partial charge in [0.15, 0.2) is 11.6 Å². The molecule has 39 heavy (non-hydrogen) atoms. The van der Waals surface area contributed by atoms with E-state index in [1.807, 2.05) is 25.1 Å². The SMILES string of the molecule is CC1=N/C(=C\c2ccc(C)c(C)c2)C(=O)O1.Cc1ccc2[nH]c3c(c2c1)CCCC3Cc1ccc(C)c(C)c1. The third-order valence-electron chi connectivity index (χ3n) is 8.10. The van der Waals surface area contributed by atoms with Crippen LogP contribution >= 0.6 is 0 Å². The van der Waals surface area contributed by atoms with E-state index in [1.165, 1.54) is 69.2 Å². The van der Waals surface area contributed by atoms with Crippen LogP contribution in [0.4, 0.5) is 0 Å². The smallest absolute Gasteiger partial charge is 0.363 e. The summed E-state index contributed by atoms with van der Waals surface area (Å²) in [6.07, 6.45) is 6.72. The number of carbonyl (C=O) groups is 1. The summed E-state index contributed by atoms with van der Waals surface area (Å²) in [6, 6.07) is 19.8. The molecule has 1 N–H and O–H groups in total. The van der Waals surface area contributed by atoms with Crippen LogP contribution in [0.5, 0.6) is 0 Å². The van der Waals surface area contributed by atoms with E-state index in [9.17, 15) is 4.79 Å². The van der Waals surface area contributed by atoms with Gasteiger partial charge in [-0.3, -0.25) is 0 Å². The third-order valence-corrected chi connectivity index (χ3v) is 8.10. The van der Waals surface area contributed by atoms with E-state index in [0.29, 0.717) is 17.5 Å². The number of nitrogens with one attached hydrogen (secondary N) is 1. The molecule has 2 aliphatic rings. The normalized spacial score (nSPS) is 17.5. The van der Waals surface area contributed by atoms with Crippen molar-refractivity contribution in [3.05, 3.63) is 110 Å². The quantitative estimate of drug-likeness (QED) is 0.219. The van der Waals surface area contributed by atoms with Crippen LogP contribution in [0, 0.1) is 34.6 Å². The number of ether oxygens (including phenoxy) is 1. The van der Waals surface area contributed by atoms with Gasteiger partial charge < -0.3 is 9.72 Å². The van der Waals surface area contributed by atoms with Crippen LogP contribution < -0.4 is 0 Å². The molecule has 3 aromatic carbocycles. The van der Waals surface area contributed by atoms with Crippen molar-refractivity contribution in [2.75, 3.05) is 0 Å². The minimum absolute atomic E-state index is 0.362. The number of hydrogen-bond acceptors (Lipinski definition) is 3. The van der Waals surface area contributed by atoms with E-state index >= 15 is 0 Å².